The number of aromatic hydroxyl groups is 2. The molecule has 0 saturated carbocycles. The summed E-state index contributed by atoms with van der Waals surface area (Å²) in [5.41, 5.74) is 3.02. The lowest BCUT2D eigenvalue weighted by Gasteiger charge is -2.51. The number of piperidine rings is 2. The first-order valence-corrected chi connectivity index (χ1v) is 11.5. The summed E-state index contributed by atoms with van der Waals surface area (Å²) >= 11 is 0. The predicted octanol–water partition coefficient (Wildman–Crippen LogP) is 2.96. The van der Waals surface area contributed by atoms with Gasteiger partial charge in [-0.15, -0.1) is 0 Å². The quantitative estimate of drug-likeness (QED) is 0.647. The van der Waals surface area contributed by atoms with Crippen LogP contribution in [0.25, 0.3) is 0 Å². The summed E-state index contributed by atoms with van der Waals surface area (Å²) in [6, 6.07) is 12.8. The van der Waals surface area contributed by atoms with E-state index in [1.165, 1.54) is 5.56 Å². The van der Waals surface area contributed by atoms with E-state index < -0.39 is 0 Å². The summed E-state index contributed by atoms with van der Waals surface area (Å²) in [5.74, 6) is -0.369. The number of benzene rings is 2. The van der Waals surface area contributed by atoms with Crippen LogP contribution in [-0.2, 0) is 17.6 Å². The van der Waals surface area contributed by atoms with Crippen LogP contribution in [0.2, 0.25) is 0 Å². The third-order valence-corrected chi connectivity index (χ3v) is 7.23. The van der Waals surface area contributed by atoms with E-state index in [4.69, 9.17) is 0 Å². The van der Waals surface area contributed by atoms with Gasteiger partial charge in [-0.25, -0.2) is 4.79 Å². The Morgan fingerprint density at radius 2 is 1.88 bits per heavy atom. The maximum absolute atomic E-state index is 13.4. The molecule has 3 amide bonds. The van der Waals surface area contributed by atoms with Crippen molar-refractivity contribution in [2.45, 2.75) is 44.2 Å². The first-order valence-electron chi connectivity index (χ1n) is 11.5. The van der Waals surface area contributed by atoms with Crippen molar-refractivity contribution in [3.63, 3.8) is 0 Å². The average molecular weight is 436 g/mol. The third kappa shape index (κ3) is 3.66. The molecule has 0 spiro atoms. The number of fused-ring (bicyclic) bond motifs is 4. The molecule has 0 aliphatic carbocycles. The summed E-state index contributed by atoms with van der Waals surface area (Å²) in [6.07, 6.45) is 3.70. The Hall–Kier alpha value is -3.22. The Balaban J connectivity index is 1.33. The molecule has 2 aromatic rings. The number of carbonyl (C=O) groups is 2. The molecule has 7 heteroatoms. The van der Waals surface area contributed by atoms with Crippen molar-refractivity contribution in [2.24, 2.45) is 5.92 Å². The van der Waals surface area contributed by atoms with Crippen LogP contribution in [0.4, 0.5) is 4.79 Å². The van der Waals surface area contributed by atoms with Crippen molar-refractivity contribution >= 4 is 11.9 Å². The highest BCUT2D eigenvalue weighted by Gasteiger charge is 2.48. The Morgan fingerprint density at radius 3 is 2.69 bits per heavy atom. The zero-order valence-electron chi connectivity index (χ0n) is 18.0. The molecule has 32 heavy (non-hydrogen) atoms. The molecule has 2 fully saturated rings. The number of rotatable bonds is 3. The fourth-order valence-electron chi connectivity index (χ4n) is 5.64. The molecule has 3 aliphatic rings. The molecule has 7 nitrogen and oxygen atoms in total. The van der Waals surface area contributed by atoms with E-state index >= 15 is 0 Å². The van der Waals surface area contributed by atoms with Crippen molar-refractivity contribution in [1.82, 2.24) is 15.1 Å². The molecular formula is C25H29N3O4. The first kappa shape index (κ1) is 20.7. The van der Waals surface area contributed by atoms with Crippen LogP contribution in [-0.4, -0.2) is 57.6 Å². The number of hydrogen-bond donors (Lipinski definition) is 3. The smallest absolute Gasteiger partial charge is 0.317 e. The molecule has 2 aromatic carbocycles. The van der Waals surface area contributed by atoms with Gasteiger partial charge >= 0.3 is 6.03 Å². The highest BCUT2D eigenvalue weighted by atomic mass is 16.3. The number of phenols is 2. The average Bonchev–Trinajstić information content (AvgIpc) is 2.80. The van der Waals surface area contributed by atoms with E-state index in [2.05, 4.69) is 5.32 Å². The van der Waals surface area contributed by atoms with E-state index in [9.17, 15) is 19.8 Å². The maximum atomic E-state index is 13.4. The molecular weight excluding hydrogens is 406 g/mol. The van der Waals surface area contributed by atoms with Gasteiger partial charge in [0.1, 0.15) is 0 Å². The van der Waals surface area contributed by atoms with E-state index in [1.807, 2.05) is 40.1 Å². The highest BCUT2D eigenvalue weighted by Crippen LogP contribution is 2.45. The molecule has 0 radical (unpaired) electrons. The van der Waals surface area contributed by atoms with Gasteiger partial charge in [0.25, 0.3) is 0 Å². The molecule has 5 rings (SSSR count). The Morgan fingerprint density at radius 1 is 1.09 bits per heavy atom. The third-order valence-electron chi connectivity index (χ3n) is 7.23. The van der Waals surface area contributed by atoms with E-state index in [-0.39, 0.29) is 41.4 Å². The Labute approximate surface area is 187 Å². The summed E-state index contributed by atoms with van der Waals surface area (Å²) in [4.78, 5) is 30.2. The van der Waals surface area contributed by atoms with E-state index in [0.29, 0.717) is 32.5 Å². The summed E-state index contributed by atoms with van der Waals surface area (Å²) in [7, 11) is 0. The lowest BCUT2D eigenvalue weighted by atomic mass is 9.76. The largest absolute Gasteiger partial charge is 0.504 e. The topological polar surface area (TPSA) is 93.1 Å². The second-order valence-electron chi connectivity index (χ2n) is 9.05. The van der Waals surface area contributed by atoms with Gasteiger partial charge < -0.3 is 25.3 Å². The zero-order chi connectivity index (χ0) is 22.2. The molecule has 0 aromatic heterocycles. The summed E-state index contributed by atoms with van der Waals surface area (Å²) < 4.78 is 0. The monoisotopic (exact) mass is 435 g/mol. The molecule has 3 aliphatic heterocycles. The number of carbonyl (C=O) groups excluding carboxylic acids is 2. The minimum absolute atomic E-state index is 0.103. The highest BCUT2D eigenvalue weighted by molar-refractivity contribution is 5.83. The second-order valence-corrected chi connectivity index (χ2v) is 9.05. The van der Waals surface area contributed by atoms with Gasteiger partial charge in [0.15, 0.2) is 11.5 Å². The maximum Gasteiger partial charge on any atom is 0.317 e. The lowest BCUT2D eigenvalue weighted by molar-refractivity contribution is -0.148. The number of nitrogens with zero attached hydrogens (tertiary/aromatic N) is 2. The SMILES string of the molecule is O=C1[C@H]2CCCN(C(=O)NCCc3ccccc3)[C@H]2C[C@H]2c3cc(O)c(O)cc3CCN12. The van der Waals surface area contributed by atoms with Crippen LogP contribution in [0.1, 0.15) is 42.0 Å². The number of hydrogen-bond acceptors (Lipinski definition) is 4. The van der Waals surface area contributed by atoms with Crippen LogP contribution in [0.15, 0.2) is 42.5 Å². The van der Waals surface area contributed by atoms with Crippen LogP contribution in [0.5, 0.6) is 11.5 Å². The molecule has 168 valence electrons. The lowest BCUT2D eigenvalue weighted by Crippen LogP contribution is -2.61. The van der Waals surface area contributed by atoms with Gasteiger partial charge in [-0.2, -0.15) is 0 Å². The minimum Gasteiger partial charge on any atom is -0.504 e. The fraction of sp³-hybridized carbons (Fsp3) is 0.440. The Bertz CT molecular complexity index is 1030. The van der Waals surface area contributed by atoms with Crippen molar-refractivity contribution in [2.75, 3.05) is 19.6 Å². The van der Waals surface area contributed by atoms with Crippen LogP contribution >= 0.6 is 0 Å². The van der Waals surface area contributed by atoms with Crippen molar-refractivity contribution in [1.29, 1.82) is 0 Å². The summed E-state index contributed by atoms with van der Waals surface area (Å²) in [5, 5.41) is 23.0. The normalized spacial score (nSPS) is 24.4. The zero-order valence-corrected chi connectivity index (χ0v) is 18.0. The van der Waals surface area contributed by atoms with Gasteiger partial charge in [0.2, 0.25) is 5.91 Å². The molecule has 0 unspecified atom stereocenters. The number of amides is 3. The number of nitrogens with one attached hydrogen (secondary N) is 1. The van der Waals surface area contributed by atoms with Crippen LogP contribution < -0.4 is 5.32 Å². The van der Waals surface area contributed by atoms with Gasteiger partial charge in [0.05, 0.1) is 12.0 Å². The molecule has 3 heterocycles. The molecule has 2 saturated heterocycles. The molecule has 3 N–H and O–H groups in total. The van der Waals surface area contributed by atoms with E-state index in [0.717, 1.165) is 30.4 Å². The van der Waals surface area contributed by atoms with Crippen molar-refractivity contribution in [3.8, 4) is 11.5 Å². The van der Waals surface area contributed by atoms with Gasteiger partial charge in [0, 0.05) is 25.7 Å². The predicted molar refractivity (Wildman–Crippen MR) is 119 cm³/mol. The minimum atomic E-state index is -0.184. The fourth-order valence-corrected chi connectivity index (χ4v) is 5.64. The Kier molecular flexibility index (Phi) is 5.41. The standard InChI is InChI=1S/C25H29N3O4/c29-22-13-17-9-12-27-21(19(17)14-23(22)30)15-20-18(24(27)31)7-4-11-28(20)25(32)26-10-8-16-5-2-1-3-6-16/h1-3,5-6,13-14,18,20-21,29-30H,4,7-12,15H2,(H,26,32)/t18-,20-,21-/m0/s1. The van der Waals surface area contributed by atoms with Crippen LogP contribution in [0.3, 0.4) is 0 Å². The van der Waals surface area contributed by atoms with Crippen molar-refractivity contribution < 1.29 is 19.8 Å². The van der Waals surface area contributed by atoms with Gasteiger partial charge in [-0.1, -0.05) is 30.3 Å². The molecule has 3 atom stereocenters. The molecule has 0 bridgehead atoms. The van der Waals surface area contributed by atoms with E-state index in [1.54, 1.807) is 12.1 Å². The summed E-state index contributed by atoms with van der Waals surface area (Å²) in [6.45, 7) is 1.80. The van der Waals surface area contributed by atoms with Crippen molar-refractivity contribution in [3.05, 3.63) is 59.2 Å². The second kappa shape index (κ2) is 8.37. The number of likely N-dealkylation sites (tertiary alicyclic amines) is 1. The van der Waals surface area contributed by atoms with Gasteiger partial charge in [-0.05, 0) is 60.9 Å². The van der Waals surface area contributed by atoms with Gasteiger partial charge in [-0.3, -0.25) is 4.79 Å². The van der Waals surface area contributed by atoms with Crippen LogP contribution in [0, 0.1) is 5.92 Å². The first-order chi connectivity index (χ1) is 15.5. The number of phenolic OH excluding ortho intramolecular Hbond substituents is 2. The number of urea groups is 1.